The highest BCUT2D eigenvalue weighted by Crippen LogP contribution is 2.44. The number of aromatic hydroxyl groups is 1. The molecule has 0 saturated carbocycles. The second-order valence-corrected chi connectivity index (χ2v) is 14.9. The van der Waals surface area contributed by atoms with Crippen molar-refractivity contribution in [2.75, 3.05) is 26.2 Å². The molecule has 2 aliphatic heterocycles. The number of piperazine rings is 1. The number of benzene rings is 2. The fourth-order valence-electron chi connectivity index (χ4n) is 4.45. The van der Waals surface area contributed by atoms with Crippen molar-refractivity contribution in [3.63, 3.8) is 0 Å². The van der Waals surface area contributed by atoms with Crippen LogP contribution in [0.15, 0.2) is 24.3 Å². The Labute approximate surface area is 200 Å². The van der Waals surface area contributed by atoms with Crippen LogP contribution in [0.3, 0.4) is 0 Å². The van der Waals surface area contributed by atoms with Crippen molar-refractivity contribution in [2.24, 2.45) is 0 Å². The lowest BCUT2D eigenvalue weighted by molar-refractivity contribution is 0.0502. The second-order valence-electron chi connectivity index (χ2n) is 9.71. The van der Waals surface area contributed by atoms with Crippen molar-refractivity contribution in [2.45, 2.75) is 39.2 Å². The Morgan fingerprint density at radius 2 is 2.00 bits per heavy atom. The van der Waals surface area contributed by atoms with Gasteiger partial charge in [0, 0.05) is 54.0 Å². The van der Waals surface area contributed by atoms with Crippen LogP contribution in [0.2, 0.25) is 24.7 Å². The third-order valence-corrected chi connectivity index (χ3v) is 7.27. The summed E-state index contributed by atoms with van der Waals surface area (Å²) < 4.78 is 6.29. The van der Waals surface area contributed by atoms with E-state index in [9.17, 15) is 15.0 Å². The number of phenolic OH excluding ortho intramolecular Hbond substituents is 1. The van der Waals surface area contributed by atoms with Gasteiger partial charge in [0.25, 0.3) is 0 Å². The molecule has 0 aliphatic carbocycles. The van der Waals surface area contributed by atoms with Gasteiger partial charge in [-0.3, -0.25) is 4.90 Å². The van der Waals surface area contributed by atoms with E-state index in [-0.39, 0.29) is 11.8 Å². The first kappa shape index (κ1) is 23.5. The number of fused-ring (bicyclic) bond motifs is 2. The minimum atomic E-state index is -1.66. The first-order valence-electron chi connectivity index (χ1n) is 11.1. The zero-order chi connectivity index (χ0) is 23.9. The molecule has 1 fully saturated rings. The van der Waals surface area contributed by atoms with Gasteiger partial charge in [-0.2, -0.15) is 0 Å². The van der Waals surface area contributed by atoms with Crippen LogP contribution >= 0.6 is 11.6 Å². The Kier molecular flexibility index (Phi) is 6.36. The Morgan fingerprint density at radius 1 is 1.24 bits per heavy atom. The van der Waals surface area contributed by atoms with Crippen LogP contribution in [-0.2, 0) is 6.54 Å². The van der Waals surface area contributed by atoms with Crippen molar-refractivity contribution < 1.29 is 19.7 Å². The number of hydrogen-bond acceptors (Lipinski definition) is 4. The number of carbonyl (C=O) groups is 1. The summed E-state index contributed by atoms with van der Waals surface area (Å²) in [5, 5.41) is 20.6. The largest absolute Gasteiger partial charge is 0.507 e. The molecule has 2 aliphatic rings. The lowest BCUT2D eigenvalue weighted by Gasteiger charge is -2.38. The van der Waals surface area contributed by atoms with Crippen LogP contribution < -0.4 is 4.74 Å². The summed E-state index contributed by atoms with van der Waals surface area (Å²) in [6, 6.07) is 7.15. The Hall–Kier alpha value is -2.66. The number of ether oxygens (including phenoxy) is 1. The standard InChI is InChI=1S/C25H29ClN2O4Si/c1-16-22(23-20(26)6-5-7-21(23)29)17(8-11-33(2,3)4)12-18-13-27-9-10-28(25(30)31)14-19(27)15-32-24(16)18/h5-7,12,19,29H,9-10,13-15H2,1-4H3,(H,30,31)/t19-/m1/s1. The normalized spacial score (nSPS) is 18.3. The lowest BCUT2D eigenvalue weighted by atomic mass is 9.91. The van der Waals surface area contributed by atoms with E-state index in [1.165, 1.54) is 4.90 Å². The maximum absolute atomic E-state index is 11.5. The second kappa shape index (κ2) is 8.94. The number of nitrogens with zero attached hydrogens (tertiary/aromatic N) is 2. The zero-order valence-corrected chi connectivity index (χ0v) is 21.2. The van der Waals surface area contributed by atoms with Crippen molar-refractivity contribution in [1.29, 1.82) is 0 Å². The fourth-order valence-corrected chi connectivity index (χ4v) is 5.23. The molecule has 8 heteroatoms. The van der Waals surface area contributed by atoms with Gasteiger partial charge in [0.1, 0.15) is 26.2 Å². The maximum Gasteiger partial charge on any atom is 0.407 e. The van der Waals surface area contributed by atoms with E-state index in [1.54, 1.807) is 18.2 Å². The van der Waals surface area contributed by atoms with Crippen LogP contribution in [0.4, 0.5) is 4.79 Å². The Morgan fingerprint density at radius 3 is 2.67 bits per heavy atom. The van der Waals surface area contributed by atoms with Crippen LogP contribution in [0.1, 0.15) is 16.7 Å². The van der Waals surface area contributed by atoms with Crippen molar-refractivity contribution >= 4 is 25.8 Å². The monoisotopic (exact) mass is 484 g/mol. The summed E-state index contributed by atoms with van der Waals surface area (Å²) in [6.07, 6.45) is -0.895. The van der Waals surface area contributed by atoms with E-state index in [0.29, 0.717) is 43.4 Å². The molecule has 1 atom stereocenters. The summed E-state index contributed by atoms with van der Waals surface area (Å²) >= 11 is 6.55. The summed E-state index contributed by atoms with van der Waals surface area (Å²) in [5.41, 5.74) is 7.52. The third kappa shape index (κ3) is 4.84. The van der Waals surface area contributed by atoms with Gasteiger partial charge in [-0.1, -0.05) is 43.2 Å². The molecule has 33 heavy (non-hydrogen) atoms. The SMILES string of the molecule is Cc1c2c(cc(C#C[Si](C)(C)C)c1-c1c(O)cccc1Cl)CN1CCN(C(=O)O)C[C@@H]1CO2. The molecule has 0 radical (unpaired) electrons. The smallest absolute Gasteiger partial charge is 0.407 e. The maximum atomic E-state index is 11.5. The van der Waals surface area contributed by atoms with Gasteiger partial charge in [0.15, 0.2) is 0 Å². The third-order valence-electron chi connectivity index (χ3n) is 6.08. The van der Waals surface area contributed by atoms with Crippen LogP contribution in [-0.4, -0.2) is 66.5 Å². The first-order valence-corrected chi connectivity index (χ1v) is 14.9. The Balaban J connectivity index is 1.85. The number of amides is 1. The zero-order valence-electron chi connectivity index (χ0n) is 19.4. The van der Waals surface area contributed by atoms with E-state index in [1.807, 2.05) is 6.92 Å². The number of phenols is 1. The first-order chi connectivity index (χ1) is 15.5. The topological polar surface area (TPSA) is 73.2 Å². The molecule has 6 nitrogen and oxygen atoms in total. The van der Waals surface area contributed by atoms with Crippen LogP contribution in [0, 0.1) is 18.4 Å². The fraction of sp³-hybridized carbons (Fsp3) is 0.400. The summed E-state index contributed by atoms with van der Waals surface area (Å²) in [7, 11) is -1.66. The summed E-state index contributed by atoms with van der Waals surface area (Å²) in [5.74, 6) is 4.26. The van der Waals surface area contributed by atoms with Gasteiger partial charge in [-0.15, -0.1) is 5.54 Å². The number of hydrogen-bond donors (Lipinski definition) is 2. The molecule has 0 aromatic heterocycles. The highest BCUT2D eigenvalue weighted by molar-refractivity contribution is 6.83. The van der Waals surface area contributed by atoms with Gasteiger partial charge in [0.2, 0.25) is 0 Å². The van der Waals surface area contributed by atoms with Gasteiger partial charge >= 0.3 is 6.09 Å². The molecule has 174 valence electrons. The predicted molar refractivity (Wildman–Crippen MR) is 133 cm³/mol. The number of rotatable bonds is 1. The number of carboxylic acid groups (broad SMARTS) is 1. The minimum absolute atomic E-state index is 0.0182. The molecule has 2 N–H and O–H groups in total. The van der Waals surface area contributed by atoms with E-state index < -0.39 is 14.2 Å². The molecule has 0 bridgehead atoms. The molecule has 4 rings (SSSR count). The predicted octanol–water partition coefficient (Wildman–Crippen LogP) is 4.81. The van der Waals surface area contributed by atoms with Gasteiger partial charge in [0.05, 0.1) is 11.1 Å². The number of halogens is 1. The molecular formula is C25H29ClN2O4Si. The molecule has 2 aromatic carbocycles. The summed E-state index contributed by atoms with van der Waals surface area (Å²) in [6.45, 7) is 11.2. The van der Waals surface area contributed by atoms with E-state index >= 15 is 0 Å². The van der Waals surface area contributed by atoms with Crippen molar-refractivity contribution in [3.05, 3.63) is 46.0 Å². The van der Waals surface area contributed by atoms with Gasteiger partial charge in [-0.05, 0) is 25.1 Å². The minimum Gasteiger partial charge on any atom is -0.507 e. The molecule has 2 heterocycles. The molecule has 2 aromatic rings. The summed E-state index contributed by atoms with van der Waals surface area (Å²) in [4.78, 5) is 15.2. The molecule has 1 amide bonds. The average Bonchev–Trinajstić information content (AvgIpc) is 2.91. The van der Waals surface area contributed by atoms with E-state index in [4.69, 9.17) is 16.3 Å². The Bertz CT molecular complexity index is 1150. The highest BCUT2D eigenvalue weighted by Gasteiger charge is 2.34. The molecule has 1 saturated heterocycles. The van der Waals surface area contributed by atoms with Gasteiger partial charge < -0.3 is 19.8 Å². The van der Waals surface area contributed by atoms with Crippen molar-refractivity contribution in [3.8, 4) is 34.1 Å². The quantitative estimate of drug-likeness (QED) is 0.449. The van der Waals surface area contributed by atoms with Crippen LogP contribution in [0.25, 0.3) is 11.1 Å². The van der Waals surface area contributed by atoms with E-state index in [2.05, 4.69) is 42.1 Å². The van der Waals surface area contributed by atoms with Crippen molar-refractivity contribution in [1.82, 2.24) is 9.80 Å². The van der Waals surface area contributed by atoms with Crippen LogP contribution in [0.5, 0.6) is 11.5 Å². The highest BCUT2D eigenvalue weighted by atomic mass is 35.5. The molecular weight excluding hydrogens is 456 g/mol. The molecule has 0 unspecified atom stereocenters. The average molecular weight is 485 g/mol. The molecule has 0 spiro atoms. The lowest BCUT2D eigenvalue weighted by Crippen LogP contribution is -2.55. The van der Waals surface area contributed by atoms with Gasteiger partial charge in [-0.25, -0.2) is 4.79 Å². The van der Waals surface area contributed by atoms with E-state index in [0.717, 1.165) is 28.0 Å².